The molecule has 7 nitrogen and oxygen atoms in total. The molecule has 2 rings (SSSR count). The average molecular weight is 297 g/mol. The number of tetrazole rings is 1. The highest BCUT2D eigenvalue weighted by Gasteiger charge is 2.07. The molecule has 0 aliphatic heterocycles. The van der Waals surface area contributed by atoms with Crippen molar-refractivity contribution >= 4 is 18.3 Å². The molecule has 0 saturated heterocycles. The summed E-state index contributed by atoms with van der Waals surface area (Å²) < 4.78 is 1.53. The van der Waals surface area contributed by atoms with Gasteiger partial charge in [-0.15, -0.1) is 17.5 Å². The molecule has 0 radical (unpaired) electrons. The molecule has 2 N–H and O–H groups in total. The van der Waals surface area contributed by atoms with E-state index in [0.29, 0.717) is 12.1 Å². The molecule has 1 amide bonds. The summed E-state index contributed by atoms with van der Waals surface area (Å²) in [5, 5.41) is 16.8. The Morgan fingerprint density at radius 2 is 2.05 bits per heavy atom. The number of benzene rings is 1. The van der Waals surface area contributed by atoms with Crippen LogP contribution in [0.15, 0.2) is 30.6 Å². The van der Waals surface area contributed by atoms with E-state index in [1.807, 2.05) is 14.0 Å². The van der Waals surface area contributed by atoms with Crippen LogP contribution >= 0.6 is 12.4 Å². The van der Waals surface area contributed by atoms with Crippen LogP contribution in [0.2, 0.25) is 0 Å². The molecule has 0 bridgehead atoms. The number of hydrogen-bond acceptors (Lipinski definition) is 5. The van der Waals surface area contributed by atoms with E-state index < -0.39 is 0 Å². The monoisotopic (exact) mass is 296 g/mol. The van der Waals surface area contributed by atoms with Gasteiger partial charge >= 0.3 is 0 Å². The van der Waals surface area contributed by atoms with E-state index in [4.69, 9.17) is 0 Å². The third-order valence-corrected chi connectivity index (χ3v) is 2.80. The van der Waals surface area contributed by atoms with Crippen LogP contribution in [0.4, 0.5) is 0 Å². The summed E-state index contributed by atoms with van der Waals surface area (Å²) in [6.45, 7) is 2.59. The maximum absolute atomic E-state index is 11.9. The summed E-state index contributed by atoms with van der Waals surface area (Å²) in [5.41, 5.74) is 1.42. The topological polar surface area (TPSA) is 84.7 Å². The lowest BCUT2D eigenvalue weighted by molar-refractivity contribution is 0.0950. The number of nitrogens with one attached hydrogen (secondary N) is 2. The zero-order chi connectivity index (χ0) is 13.7. The number of hydrogen-bond donors (Lipinski definition) is 2. The van der Waals surface area contributed by atoms with Crippen molar-refractivity contribution < 1.29 is 4.79 Å². The first-order chi connectivity index (χ1) is 9.20. The van der Waals surface area contributed by atoms with Gasteiger partial charge in [0, 0.05) is 18.2 Å². The molecular formula is C12H17ClN6O. The molecule has 0 fully saturated rings. The van der Waals surface area contributed by atoms with E-state index in [9.17, 15) is 4.79 Å². The number of amides is 1. The minimum absolute atomic E-state index is 0. The Morgan fingerprint density at radius 3 is 2.60 bits per heavy atom. The number of carbonyl (C=O) groups excluding carboxylic acids is 1. The molecule has 0 spiro atoms. The molecule has 0 aliphatic rings. The van der Waals surface area contributed by atoms with Crippen molar-refractivity contribution in [1.82, 2.24) is 30.8 Å². The van der Waals surface area contributed by atoms with Gasteiger partial charge in [-0.1, -0.05) is 0 Å². The Bertz CT molecular complexity index is 527. The fraction of sp³-hybridized carbons (Fsp3) is 0.333. The Balaban J connectivity index is 0.00000200. The third kappa shape index (κ3) is 4.01. The second-order valence-electron chi connectivity index (χ2n) is 4.20. The summed E-state index contributed by atoms with van der Waals surface area (Å²) in [5.74, 6) is -0.0923. The highest BCUT2D eigenvalue weighted by molar-refractivity contribution is 5.94. The van der Waals surface area contributed by atoms with Gasteiger partial charge in [0.1, 0.15) is 6.33 Å². The van der Waals surface area contributed by atoms with Crippen LogP contribution in [-0.4, -0.2) is 45.7 Å². The minimum Gasteiger partial charge on any atom is -0.350 e. The lowest BCUT2D eigenvalue weighted by Crippen LogP contribution is -2.37. The molecule has 1 aromatic carbocycles. The van der Waals surface area contributed by atoms with E-state index in [1.165, 1.54) is 11.0 Å². The van der Waals surface area contributed by atoms with E-state index in [-0.39, 0.29) is 24.4 Å². The van der Waals surface area contributed by atoms with Gasteiger partial charge in [-0.25, -0.2) is 4.68 Å². The molecule has 1 aromatic heterocycles. The van der Waals surface area contributed by atoms with Crippen LogP contribution in [0.1, 0.15) is 17.3 Å². The summed E-state index contributed by atoms with van der Waals surface area (Å²) in [6.07, 6.45) is 1.50. The van der Waals surface area contributed by atoms with Crippen molar-refractivity contribution in [1.29, 1.82) is 0 Å². The number of nitrogens with zero attached hydrogens (tertiary/aromatic N) is 4. The standard InChI is InChI=1S/C12H16N6O.ClH/c1-9(13-2)7-14-12(19)10-3-5-11(6-4-10)18-8-15-16-17-18;/h3-6,8-9,13H,7H2,1-2H3,(H,14,19);1H. The normalized spacial score (nSPS) is 11.5. The van der Waals surface area contributed by atoms with Gasteiger partial charge < -0.3 is 10.6 Å². The van der Waals surface area contributed by atoms with Crippen LogP contribution in [0, 0.1) is 0 Å². The van der Waals surface area contributed by atoms with Gasteiger partial charge in [0.15, 0.2) is 0 Å². The summed E-state index contributed by atoms with van der Waals surface area (Å²) in [7, 11) is 1.86. The van der Waals surface area contributed by atoms with E-state index in [1.54, 1.807) is 24.3 Å². The van der Waals surface area contributed by atoms with E-state index in [2.05, 4.69) is 26.2 Å². The quantitative estimate of drug-likeness (QED) is 0.835. The third-order valence-electron chi connectivity index (χ3n) is 2.80. The van der Waals surface area contributed by atoms with Crippen LogP contribution in [0.3, 0.4) is 0 Å². The Hall–Kier alpha value is -1.99. The fourth-order valence-corrected chi connectivity index (χ4v) is 1.50. The average Bonchev–Trinajstić information content (AvgIpc) is 2.98. The predicted octanol–water partition coefficient (Wildman–Crippen LogP) is 0.422. The van der Waals surface area contributed by atoms with Crippen LogP contribution in [-0.2, 0) is 0 Å². The Morgan fingerprint density at radius 1 is 1.35 bits per heavy atom. The molecule has 0 saturated carbocycles. The van der Waals surface area contributed by atoms with Gasteiger partial charge in [0.05, 0.1) is 5.69 Å². The molecule has 2 aromatic rings. The lowest BCUT2D eigenvalue weighted by atomic mass is 10.2. The number of likely N-dealkylation sites (N-methyl/N-ethyl adjacent to an activating group) is 1. The zero-order valence-electron chi connectivity index (χ0n) is 11.3. The fourth-order valence-electron chi connectivity index (χ4n) is 1.50. The van der Waals surface area contributed by atoms with Crippen molar-refractivity contribution in [2.45, 2.75) is 13.0 Å². The smallest absolute Gasteiger partial charge is 0.251 e. The maximum Gasteiger partial charge on any atom is 0.251 e. The van der Waals surface area contributed by atoms with Crippen LogP contribution in [0.25, 0.3) is 5.69 Å². The SMILES string of the molecule is CNC(C)CNC(=O)c1ccc(-n2cnnn2)cc1.Cl. The molecule has 108 valence electrons. The van der Waals surface area contributed by atoms with Gasteiger partial charge in [-0.2, -0.15) is 0 Å². The summed E-state index contributed by atoms with van der Waals surface area (Å²) >= 11 is 0. The molecule has 8 heteroatoms. The van der Waals surface area contributed by atoms with Crippen LogP contribution in [0.5, 0.6) is 0 Å². The van der Waals surface area contributed by atoms with Gasteiger partial charge in [0.25, 0.3) is 5.91 Å². The molecule has 1 heterocycles. The van der Waals surface area contributed by atoms with Gasteiger partial charge in [-0.3, -0.25) is 4.79 Å². The highest BCUT2D eigenvalue weighted by Crippen LogP contribution is 2.07. The summed E-state index contributed by atoms with van der Waals surface area (Å²) in [6, 6.07) is 7.33. The number of rotatable bonds is 5. The lowest BCUT2D eigenvalue weighted by Gasteiger charge is -2.11. The van der Waals surface area contributed by atoms with E-state index >= 15 is 0 Å². The first kappa shape index (κ1) is 16.1. The van der Waals surface area contributed by atoms with Crippen molar-refractivity contribution in [3.05, 3.63) is 36.2 Å². The maximum atomic E-state index is 11.9. The first-order valence-corrected chi connectivity index (χ1v) is 5.99. The summed E-state index contributed by atoms with van der Waals surface area (Å²) in [4.78, 5) is 11.9. The molecule has 1 unspecified atom stereocenters. The molecule has 0 aliphatic carbocycles. The van der Waals surface area contributed by atoms with Crippen molar-refractivity contribution in [2.75, 3.05) is 13.6 Å². The number of aromatic nitrogens is 4. The molecule has 20 heavy (non-hydrogen) atoms. The van der Waals surface area contributed by atoms with Crippen molar-refractivity contribution in [3.63, 3.8) is 0 Å². The van der Waals surface area contributed by atoms with Crippen molar-refractivity contribution in [3.8, 4) is 5.69 Å². The second-order valence-corrected chi connectivity index (χ2v) is 4.20. The first-order valence-electron chi connectivity index (χ1n) is 5.99. The Labute approximate surface area is 123 Å². The predicted molar refractivity (Wildman–Crippen MR) is 77.3 cm³/mol. The van der Waals surface area contributed by atoms with Crippen molar-refractivity contribution in [2.24, 2.45) is 0 Å². The highest BCUT2D eigenvalue weighted by atomic mass is 35.5. The van der Waals surface area contributed by atoms with Gasteiger partial charge in [-0.05, 0) is 48.7 Å². The molecule has 1 atom stereocenters. The minimum atomic E-state index is -0.0923. The second kappa shape index (κ2) is 7.56. The molecular weight excluding hydrogens is 280 g/mol. The van der Waals surface area contributed by atoms with Gasteiger partial charge in [0.2, 0.25) is 0 Å². The number of carbonyl (C=O) groups is 1. The van der Waals surface area contributed by atoms with Crippen LogP contribution < -0.4 is 10.6 Å². The zero-order valence-corrected chi connectivity index (χ0v) is 12.1. The number of halogens is 1. The van der Waals surface area contributed by atoms with E-state index in [0.717, 1.165) is 5.69 Å². The largest absolute Gasteiger partial charge is 0.350 e. The Kier molecular flexibility index (Phi) is 6.08.